The summed E-state index contributed by atoms with van der Waals surface area (Å²) in [6.07, 6.45) is 1.71. The Morgan fingerprint density at radius 1 is 1.46 bits per heavy atom. The number of hydrogen-bond acceptors (Lipinski definition) is 2. The lowest BCUT2D eigenvalue weighted by atomic mass is 10.1. The van der Waals surface area contributed by atoms with Gasteiger partial charge in [-0.25, -0.2) is 0 Å². The maximum atomic E-state index is 8.71. The Morgan fingerprint density at radius 2 is 2.31 bits per heavy atom. The van der Waals surface area contributed by atoms with Gasteiger partial charge >= 0.3 is 0 Å². The SMILES string of the molecule is N#Cc1ccc2occ(CBr)c2c1. The van der Waals surface area contributed by atoms with Gasteiger partial charge in [0, 0.05) is 16.3 Å². The second-order valence-corrected chi connectivity index (χ2v) is 3.28. The van der Waals surface area contributed by atoms with Crippen LogP contribution in [0.15, 0.2) is 28.9 Å². The molecule has 2 rings (SSSR count). The van der Waals surface area contributed by atoms with Crippen molar-refractivity contribution in [2.24, 2.45) is 0 Å². The summed E-state index contributed by atoms with van der Waals surface area (Å²) in [5, 5.41) is 10.5. The molecule has 0 aliphatic heterocycles. The summed E-state index contributed by atoms with van der Waals surface area (Å²) in [7, 11) is 0. The van der Waals surface area contributed by atoms with Crippen LogP contribution in [-0.4, -0.2) is 0 Å². The van der Waals surface area contributed by atoms with Crippen LogP contribution >= 0.6 is 15.9 Å². The second kappa shape index (κ2) is 3.23. The van der Waals surface area contributed by atoms with E-state index in [0.29, 0.717) is 5.56 Å². The zero-order valence-electron chi connectivity index (χ0n) is 6.75. The zero-order valence-corrected chi connectivity index (χ0v) is 8.34. The number of halogens is 1. The first-order chi connectivity index (χ1) is 6.35. The van der Waals surface area contributed by atoms with Gasteiger partial charge in [0.2, 0.25) is 0 Å². The summed E-state index contributed by atoms with van der Waals surface area (Å²) in [5.41, 5.74) is 2.57. The lowest BCUT2D eigenvalue weighted by Gasteiger charge is -1.91. The predicted octanol–water partition coefficient (Wildman–Crippen LogP) is 3.20. The maximum Gasteiger partial charge on any atom is 0.134 e. The fourth-order valence-electron chi connectivity index (χ4n) is 1.25. The average molecular weight is 236 g/mol. The van der Waals surface area contributed by atoms with E-state index in [0.717, 1.165) is 21.9 Å². The van der Waals surface area contributed by atoms with Gasteiger partial charge in [-0.15, -0.1) is 0 Å². The molecule has 0 aliphatic carbocycles. The Hall–Kier alpha value is -1.27. The fraction of sp³-hybridized carbons (Fsp3) is 0.100. The molecule has 0 unspecified atom stereocenters. The summed E-state index contributed by atoms with van der Waals surface area (Å²) in [6.45, 7) is 0. The normalized spacial score (nSPS) is 10.2. The van der Waals surface area contributed by atoms with Crippen molar-refractivity contribution < 1.29 is 4.42 Å². The number of hydrogen-bond donors (Lipinski definition) is 0. The van der Waals surface area contributed by atoms with Gasteiger partial charge in [-0.1, -0.05) is 15.9 Å². The summed E-state index contributed by atoms with van der Waals surface area (Å²) in [6, 6.07) is 7.52. The largest absolute Gasteiger partial charge is 0.464 e. The molecule has 0 bridgehead atoms. The van der Waals surface area contributed by atoms with Gasteiger partial charge < -0.3 is 4.42 Å². The minimum absolute atomic E-state index is 0.663. The Kier molecular flexibility index (Phi) is 2.07. The Bertz CT molecular complexity index is 481. The van der Waals surface area contributed by atoms with Crippen LogP contribution in [0.25, 0.3) is 11.0 Å². The first-order valence-electron chi connectivity index (χ1n) is 3.81. The van der Waals surface area contributed by atoms with Crippen LogP contribution in [0.3, 0.4) is 0 Å². The van der Waals surface area contributed by atoms with Gasteiger partial charge in [0.05, 0.1) is 17.9 Å². The third-order valence-electron chi connectivity index (χ3n) is 1.93. The summed E-state index contributed by atoms with van der Waals surface area (Å²) in [4.78, 5) is 0. The molecule has 0 amide bonds. The molecule has 13 heavy (non-hydrogen) atoms. The van der Waals surface area contributed by atoms with Crippen LogP contribution in [0.2, 0.25) is 0 Å². The van der Waals surface area contributed by atoms with Crippen LogP contribution in [0, 0.1) is 11.3 Å². The van der Waals surface area contributed by atoms with Crippen molar-refractivity contribution in [3.63, 3.8) is 0 Å². The molecule has 0 atom stereocenters. The highest BCUT2D eigenvalue weighted by molar-refractivity contribution is 9.08. The van der Waals surface area contributed by atoms with Crippen LogP contribution in [0.4, 0.5) is 0 Å². The average Bonchev–Trinajstić information content (AvgIpc) is 2.59. The van der Waals surface area contributed by atoms with Gasteiger partial charge in [0.15, 0.2) is 0 Å². The minimum Gasteiger partial charge on any atom is -0.464 e. The molecule has 0 saturated carbocycles. The Morgan fingerprint density at radius 3 is 3.00 bits per heavy atom. The van der Waals surface area contributed by atoms with E-state index in [1.807, 2.05) is 12.1 Å². The third-order valence-corrected chi connectivity index (χ3v) is 2.53. The first-order valence-corrected chi connectivity index (χ1v) is 4.93. The number of nitriles is 1. The van der Waals surface area contributed by atoms with E-state index >= 15 is 0 Å². The predicted molar refractivity (Wildman–Crippen MR) is 53.6 cm³/mol. The molecule has 1 heterocycles. The molecular weight excluding hydrogens is 230 g/mol. The van der Waals surface area contributed by atoms with Crippen LogP contribution in [0.1, 0.15) is 11.1 Å². The molecule has 0 aliphatic rings. The van der Waals surface area contributed by atoms with Crippen LogP contribution < -0.4 is 0 Å². The molecule has 0 saturated heterocycles. The highest BCUT2D eigenvalue weighted by Crippen LogP contribution is 2.23. The van der Waals surface area contributed by atoms with Gasteiger partial charge in [-0.3, -0.25) is 0 Å². The number of alkyl halides is 1. The number of benzene rings is 1. The van der Waals surface area contributed by atoms with Crippen molar-refractivity contribution in [2.45, 2.75) is 5.33 Å². The quantitative estimate of drug-likeness (QED) is 0.713. The van der Waals surface area contributed by atoms with E-state index in [4.69, 9.17) is 9.68 Å². The number of fused-ring (bicyclic) bond motifs is 1. The minimum atomic E-state index is 0.663. The van der Waals surface area contributed by atoms with E-state index < -0.39 is 0 Å². The third kappa shape index (κ3) is 1.34. The van der Waals surface area contributed by atoms with E-state index in [9.17, 15) is 0 Å². The summed E-state index contributed by atoms with van der Waals surface area (Å²) in [5.74, 6) is 0. The number of furan rings is 1. The molecule has 0 spiro atoms. The first kappa shape index (κ1) is 8.33. The zero-order chi connectivity index (χ0) is 9.26. The monoisotopic (exact) mass is 235 g/mol. The molecule has 0 N–H and O–H groups in total. The van der Waals surface area contributed by atoms with Gasteiger partial charge in [0.25, 0.3) is 0 Å². The van der Waals surface area contributed by atoms with Crippen molar-refractivity contribution in [3.8, 4) is 6.07 Å². The topological polar surface area (TPSA) is 36.9 Å². The highest BCUT2D eigenvalue weighted by atomic mass is 79.9. The molecule has 2 nitrogen and oxygen atoms in total. The van der Waals surface area contributed by atoms with E-state index in [2.05, 4.69) is 22.0 Å². The summed E-state index contributed by atoms with van der Waals surface area (Å²) >= 11 is 3.36. The van der Waals surface area contributed by atoms with E-state index in [1.165, 1.54) is 0 Å². The van der Waals surface area contributed by atoms with Gasteiger partial charge in [-0.05, 0) is 18.2 Å². The molecule has 0 fully saturated rings. The molecular formula is C10H6BrNO. The second-order valence-electron chi connectivity index (χ2n) is 2.72. The lowest BCUT2D eigenvalue weighted by molar-refractivity contribution is 0.613. The van der Waals surface area contributed by atoms with Crippen LogP contribution in [-0.2, 0) is 5.33 Å². The molecule has 2 aromatic rings. The van der Waals surface area contributed by atoms with Crippen LogP contribution in [0.5, 0.6) is 0 Å². The van der Waals surface area contributed by atoms with Crippen molar-refractivity contribution in [1.29, 1.82) is 5.26 Å². The highest BCUT2D eigenvalue weighted by Gasteiger charge is 2.04. The molecule has 1 aromatic heterocycles. The maximum absolute atomic E-state index is 8.71. The standard InChI is InChI=1S/C10H6BrNO/c11-4-8-6-13-10-2-1-7(5-12)3-9(8)10/h1-3,6H,4H2. The summed E-state index contributed by atoms with van der Waals surface area (Å²) < 4.78 is 5.30. The smallest absolute Gasteiger partial charge is 0.134 e. The number of nitrogens with zero attached hydrogens (tertiary/aromatic N) is 1. The van der Waals surface area contributed by atoms with E-state index in [-0.39, 0.29) is 0 Å². The molecule has 64 valence electrons. The Labute approximate surface area is 83.9 Å². The van der Waals surface area contributed by atoms with Crippen molar-refractivity contribution in [3.05, 3.63) is 35.6 Å². The van der Waals surface area contributed by atoms with Crippen molar-refractivity contribution in [1.82, 2.24) is 0 Å². The lowest BCUT2D eigenvalue weighted by Crippen LogP contribution is -1.75. The Balaban J connectivity index is 2.73. The fourth-order valence-corrected chi connectivity index (χ4v) is 1.69. The molecule has 0 radical (unpaired) electrons. The van der Waals surface area contributed by atoms with Crippen molar-refractivity contribution >= 4 is 26.9 Å². The molecule has 1 aromatic carbocycles. The number of rotatable bonds is 1. The van der Waals surface area contributed by atoms with Gasteiger partial charge in [-0.2, -0.15) is 5.26 Å². The van der Waals surface area contributed by atoms with E-state index in [1.54, 1.807) is 12.3 Å². The van der Waals surface area contributed by atoms with Crippen molar-refractivity contribution in [2.75, 3.05) is 0 Å². The molecule has 3 heteroatoms. The van der Waals surface area contributed by atoms with Gasteiger partial charge in [0.1, 0.15) is 5.58 Å².